The Bertz CT molecular complexity index is 493. The molecule has 4 nitrogen and oxygen atoms in total. The maximum atomic E-state index is 11.9. The first-order valence-corrected chi connectivity index (χ1v) is 8.14. The second-order valence-corrected chi connectivity index (χ2v) is 6.23. The first-order chi connectivity index (χ1) is 9.06. The second kappa shape index (κ2) is 7.94. The molecule has 1 rings (SSSR count). The van der Waals surface area contributed by atoms with Gasteiger partial charge in [-0.1, -0.05) is 43.9 Å². The number of rotatable bonds is 8. The molecular weight excluding hydrogens is 260 g/mol. The summed E-state index contributed by atoms with van der Waals surface area (Å²) in [5.74, 6) is 0. The van der Waals surface area contributed by atoms with E-state index in [1.807, 2.05) is 6.92 Å². The third kappa shape index (κ3) is 5.87. The summed E-state index contributed by atoms with van der Waals surface area (Å²) >= 11 is 0. The van der Waals surface area contributed by atoms with Crippen LogP contribution in [0.4, 0.5) is 0 Å². The molecule has 5 heteroatoms. The standard InChI is InChI=1S/C14H22N2O2S/c1-3-4-5-6-7-12-15-16-19(17,18)14-10-8-13(2)9-11-14/h8-12,16H,3-7H2,1-2H3. The molecule has 1 aromatic carbocycles. The first-order valence-electron chi connectivity index (χ1n) is 6.66. The van der Waals surface area contributed by atoms with Crippen molar-refractivity contribution in [2.75, 3.05) is 0 Å². The van der Waals surface area contributed by atoms with Gasteiger partial charge >= 0.3 is 0 Å². The summed E-state index contributed by atoms with van der Waals surface area (Å²) in [7, 11) is -3.52. The van der Waals surface area contributed by atoms with Gasteiger partial charge in [-0.05, 0) is 31.9 Å². The number of sulfonamides is 1. The number of unbranched alkanes of at least 4 members (excludes halogenated alkanes) is 4. The van der Waals surface area contributed by atoms with E-state index in [1.165, 1.54) is 12.8 Å². The average molecular weight is 282 g/mol. The van der Waals surface area contributed by atoms with Crippen LogP contribution in [0.2, 0.25) is 0 Å². The van der Waals surface area contributed by atoms with Crippen LogP contribution in [0, 0.1) is 6.92 Å². The highest BCUT2D eigenvalue weighted by atomic mass is 32.2. The van der Waals surface area contributed by atoms with E-state index in [0.717, 1.165) is 24.8 Å². The molecule has 1 aromatic rings. The number of nitrogens with zero attached hydrogens (tertiary/aromatic N) is 1. The molecule has 1 N–H and O–H groups in total. The molecule has 19 heavy (non-hydrogen) atoms. The van der Waals surface area contributed by atoms with Gasteiger partial charge in [0, 0.05) is 6.21 Å². The monoisotopic (exact) mass is 282 g/mol. The molecule has 0 aliphatic heterocycles. The molecule has 0 saturated carbocycles. The van der Waals surface area contributed by atoms with Crippen LogP contribution in [0.15, 0.2) is 34.3 Å². The SMILES string of the molecule is CCCCCCC=NNS(=O)(=O)c1ccc(C)cc1. The summed E-state index contributed by atoms with van der Waals surface area (Å²) in [6.45, 7) is 4.07. The Labute approximate surface area is 116 Å². The third-order valence-electron chi connectivity index (χ3n) is 2.78. The zero-order chi connectivity index (χ0) is 14.1. The van der Waals surface area contributed by atoms with E-state index < -0.39 is 10.0 Å². The molecule has 0 fully saturated rings. The van der Waals surface area contributed by atoms with Crippen molar-refractivity contribution >= 4 is 16.2 Å². The van der Waals surface area contributed by atoms with Crippen molar-refractivity contribution in [1.82, 2.24) is 4.83 Å². The lowest BCUT2D eigenvalue weighted by atomic mass is 10.2. The largest absolute Gasteiger partial charge is 0.276 e. The van der Waals surface area contributed by atoms with E-state index in [1.54, 1.807) is 30.5 Å². The summed E-state index contributed by atoms with van der Waals surface area (Å²) in [6.07, 6.45) is 7.04. The van der Waals surface area contributed by atoms with Crippen LogP contribution in [0.5, 0.6) is 0 Å². The molecular formula is C14H22N2O2S. The molecule has 0 saturated heterocycles. The molecule has 0 aliphatic rings. The minimum absolute atomic E-state index is 0.237. The molecule has 0 spiro atoms. The van der Waals surface area contributed by atoms with Gasteiger partial charge in [0.2, 0.25) is 0 Å². The fraction of sp³-hybridized carbons (Fsp3) is 0.500. The van der Waals surface area contributed by atoms with Crippen LogP contribution in [0.1, 0.15) is 44.6 Å². The molecule has 0 radical (unpaired) electrons. The van der Waals surface area contributed by atoms with E-state index in [-0.39, 0.29) is 4.90 Å². The number of benzene rings is 1. The van der Waals surface area contributed by atoms with Crippen molar-refractivity contribution in [3.63, 3.8) is 0 Å². The summed E-state index contributed by atoms with van der Waals surface area (Å²) in [6, 6.07) is 6.69. The summed E-state index contributed by atoms with van der Waals surface area (Å²) < 4.78 is 23.7. The predicted octanol–water partition coefficient (Wildman–Crippen LogP) is 3.23. The Morgan fingerprint density at radius 1 is 1.16 bits per heavy atom. The Hall–Kier alpha value is -1.36. The smallest absolute Gasteiger partial charge is 0.200 e. The highest BCUT2D eigenvalue weighted by molar-refractivity contribution is 7.89. The zero-order valence-electron chi connectivity index (χ0n) is 11.6. The molecule has 0 bridgehead atoms. The van der Waals surface area contributed by atoms with Crippen molar-refractivity contribution in [2.24, 2.45) is 5.10 Å². The van der Waals surface area contributed by atoms with Gasteiger partial charge in [-0.3, -0.25) is 0 Å². The van der Waals surface area contributed by atoms with Gasteiger partial charge in [-0.2, -0.15) is 13.5 Å². The van der Waals surface area contributed by atoms with Crippen molar-refractivity contribution in [2.45, 2.75) is 50.8 Å². The zero-order valence-corrected chi connectivity index (χ0v) is 12.4. The average Bonchev–Trinajstić information content (AvgIpc) is 2.38. The number of hydrogen-bond acceptors (Lipinski definition) is 3. The van der Waals surface area contributed by atoms with E-state index in [2.05, 4.69) is 16.9 Å². The van der Waals surface area contributed by atoms with E-state index in [9.17, 15) is 8.42 Å². The van der Waals surface area contributed by atoms with Gasteiger partial charge in [0.25, 0.3) is 10.0 Å². The lowest BCUT2D eigenvalue weighted by Crippen LogP contribution is -2.18. The molecule has 106 valence electrons. The molecule has 0 aromatic heterocycles. The third-order valence-corrected chi connectivity index (χ3v) is 4.02. The van der Waals surface area contributed by atoms with Gasteiger partial charge < -0.3 is 0 Å². The van der Waals surface area contributed by atoms with Crippen LogP contribution < -0.4 is 4.83 Å². The number of nitrogens with one attached hydrogen (secondary N) is 1. The molecule has 0 amide bonds. The topological polar surface area (TPSA) is 58.5 Å². The predicted molar refractivity (Wildman–Crippen MR) is 78.8 cm³/mol. The fourth-order valence-electron chi connectivity index (χ4n) is 1.60. The van der Waals surface area contributed by atoms with E-state index in [0.29, 0.717) is 0 Å². The first kappa shape index (κ1) is 15.7. The van der Waals surface area contributed by atoms with Crippen LogP contribution >= 0.6 is 0 Å². The van der Waals surface area contributed by atoms with Gasteiger partial charge in [-0.15, -0.1) is 0 Å². The van der Waals surface area contributed by atoms with Gasteiger partial charge in [0.15, 0.2) is 0 Å². The maximum absolute atomic E-state index is 11.9. The lowest BCUT2D eigenvalue weighted by Gasteiger charge is -2.03. The number of hydrogen-bond donors (Lipinski definition) is 1. The molecule has 0 aliphatic carbocycles. The second-order valence-electron chi connectivity index (χ2n) is 4.57. The van der Waals surface area contributed by atoms with Crippen molar-refractivity contribution in [3.8, 4) is 0 Å². The normalized spacial score (nSPS) is 11.9. The van der Waals surface area contributed by atoms with Crippen LogP contribution in [-0.2, 0) is 10.0 Å². The number of aryl methyl sites for hydroxylation is 1. The van der Waals surface area contributed by atoms with Crippen LogP contribution in [-0.4, -0.2) is 14.6 Å². The van der Waals surface area contributed by atoms with Gasteiger partial charge in [-0.25, -0.2) is 4.83 Å². The lowest BCUT2D eigenvalue weighted by molar-refractivity contribution is 0.584. The maximum Gasteiger partial charge on any atom is 0.276 e. The minimum atomic E-state index is -3.52. The van der Waals surface area contributed by atoms with Crippen LogP contribution in [0.3, 0.4) is 0 Å². The van der Waals surface area contributed by atoms with Gasteiger partial charge in [0.05, 0.1) is 4.90 Å². The highest BCUT2D eigenvalue weighted by Gasteiger charge is 2.11. The minimum Gasteiger partial charge on any atom is -0.200 e. The van der Waals surface area contributed by atoms with E-state index >= 15 is 0 Å². The van der Waals surface area contributed by atoms with E-state index in [4.69, 9.17) is 0 Å². The number of hydrazone groups is 1. The van der Waals surface area contributed by atoms with Crippen molar-refractivity contribution in [1.29, 1.82) is 0 Å². The summed E-state index contributed by atoms with van der Waals surface area (Å²) in [5, 5.41) is 3.78. The highest BCUT2D eigenvalue weighted by Crippen LogP contribution is 2.09. The fourth-order valence-corrected chi connectivity index (χ4v) is 2.42. The van der Waals surface area contributed by atoms with Crippen LogP contribution in [0.25, 0.3) is 0 Å². The van der Waals surface area contributed by atoms with Gasteiger partial charge in [0.1, 0.15) is 0 Å². The van der Waals surface area contributed by atoms with Crippen molar-refractivity contribution < 1.29 is 8.42 Å². The molecule has 0 unspecified atom stereocenters. The molecule has 0 atom stereocenters. The molecule has 0 heterocycles. The Balaban J connectivity index is 2.43. The Kier molecular flexibility index (Phi) is 6.56. The quantitative estimate of drug-likeness (QED) is 0.452. The van der Waals surface area contributed by atoms with Crippen molar-refractivity contribution in [3.05, 3.63) is 29.8 Å². The Morgan fingerprint density at radius 3 is 2.47 bits per heavy atom. The Morgan fingerprint density at radius 2 is 1.84 bits per heavy atom. The summed E-state index contributed by atoms with van der Waals surface area (Å²) in [4.78, 5) is 2.46. The summed E-state index contributed by atoms with van der Waals surface area (Å²) in [5.41, 5.74) is 1.03.